The van der Waals surface area contributed by atoms with Gasteiger partial charge in [-0.15, -0.1) is 0 Å². The Morgan fingerprint density at radius 1 is 0.833 bits per heavy atom. The van der Waals surface area contributed by atoms with Crippen LogP contribution in [0.3, 0.4) is 0 Å². The molecule has 290 valence electrons. The number of halogens is 2. The average Bonchev–Trinajstić information content (AvgIpc) is 3.94. The van der Waals surface area contributed by atoms with Gasteiger partial charge in [0.2, 0.25) is 31.6 Å². The van der Waals surface area contributed by atoms with Crippen LogP contribution in [-0.4, -0.2) is 80.3 Å². The Morgan fingerprint density at radius 2 is 1.39 bits per heavy atom. The van der Waals surface area contributed by atoms with E-state index in [0.717, 1.165) is 0 Å². The molecule has 2 aromatic heterocycles. The quantitative estimate of drug-likeness (QED) is 0.113. The van der Waals surface area contributed by atoms with Crippen LogP contribution in [0.15, 0.2) is 86.0 Å². The molecule has 2 unspecified atom stereocenters. The number of methoxy groups -OCH3 is 1. The second kappa shape index (κ2) is 16.6. The molecular formula is C37H42Cl2N4O9S2. The maximum atomic E-state index is 14.4. The Labute approximate surface area is 325 Å². The lowest BCUT2D eigenvalue weighted by molar-refractivity contribution is 0.0412. The van der Waals surface area contributed by atoms with Crippen LogP contribution < -0.4 is 4.74 Å². The van der Waals surface area contributed by atoms with Gasteiger partial charge in [-0.05, 0) is 99.2 Å². The Kier molecular flexibility index (Phi) is 12.3. The molecule has 0 saturated carbocycles. The molecule has 0 radical (unpaired) electrons. The number of carbonyl (C=O) groups is 2. The highest BCUT2D eigenvalue weighted by Crippen LogP contribution is 2.47. The van der Waals surface area contributed by atoms with Gasteiger partial charge in [0.1, 0.15) is 18.3 Å². The molecule has 2 aromatic carbocycles. The summed E-state index contributed by atoms with van der Waals surface area (Å²) in [5.41, 5.74) is -1.03. The number of nitrogens with zero attached hydrogens (tertiary/aromatic N) is 4. The van der Waals surface area contributed by atoms with Crippen molar-refractivity contribution in [2.24, 2.45) is 23.2 Å². The molecule has 4 heterocycles. The van der Waals surface area contributed by atoms with E-state index in [9.17, 15) is 26.4 Å². The van der Waals surface area contributed by atoms with Crippen LogP contribution in [0, 0.1) is 23.2 Å². The molecular weight excluding hydrogens is 779 g/mol. The predicted octanol–water partition coefficient (Wildman–Crippen LogP) is 7.04. The Morgan fingerprint density at radius 3 is 1.93 bits per heavy atom. The van der Waals surface area contributed by atoms with E-state index in [2.05, 4.69) is 9.97 Å². The number of hydrogen-bond acceptors (Lipinski definition) is 11. The van der Waals surface area contributed by atoms with Crippen molar-refractivity contribution in [3.8, 4) is 5.75 Å². The first-order chi connectivity index (χ1) is 25.8. The zero-order valence-electron chi connectivity index (χ0n) is 29.9. The maximum Gasteiger partial charge on any atom is 0.263 e. The van der Waals surface area contributed by atoms with Crippen LogP contribution in [0.1, 0.15) is 73.2 Å². The summed E-state index contributed by atoms with van der Waals surface area (Å²) in [6.07, 6.45) is 7.98. The van der Waals surface area contributed by atoms with Crippen molar-refractivity contribution in [2.45, 2.75) is 61.7 Å². The van der Waals surface area contributed by atoms with Crippen LogP contribution in [-0.2, 0) is 20.0 Å². The zero-order valence-corrected chi connectivity index (χ0v) is 33.0. The molecule has 2 aliphatic rings. The largest absolute Gasteiger partial charge is 0.497 e. The first-order valence-electron chi connectivity index (χ1n) is 17.8. The SMILES string of the molecule is CCC(CCC(C(=O)c1ncco1)C1CCN(S(=O)(=O)c2ccc(Cl)c(Cl)c2)CC1)(C(=O)c1ncco1)C1CCN(S(=O)(=O)c2ccc(OC)cc2)CC1. The summed E-state index contributed by atoms with van der Waals surface area (Å²) in [5, 5.41) is 0.378. The second-order valence-electron chi connectivity index (χ2n) is 13.7. The van der Waals surface area contributed by atoms with E-state index in [0.29, 0.717) is 37.9 Å². The first kappa shape index (κ1) is 40.1. The molecule has 6 rings (SSSR count). The third-order valence-electron chi connectivity index (χ3n) is 11.1. The van der Waals surface area contributed by atoms with Gasteiger partial charge in [-0.25, -0.2) is 26.8 Å². The minimum Gasteiger partial charge on any atom is -0.497 e. The fraction of sp³-hybridized carbons (Fsp3) is 0.459. The minimum absolute atomic E-state index is 0.0309. The molecule has 4 aromatic rings. The molecule has 2 aliphatic heterocycles. The highest BCUT2D eigenvalue weighted by atomic mass is 35.5. The summed E-state index contributed by atoms with van der Waals surface area (Å²) in [7, 11) is -6.17. The topological polar surface area (TPSA) is 170 Å². The number of Topliss-reactive ketones (excluding diaryl/α,β-unsaturated/α-hetero) is 2. The van der Waals surface area contributed by atoms with E-state index in [4.69, 9.17) is 36.8 Å². The predicted molar refractivity (Wildman–Crippen MR) is 200 cm³/mol. The van der Waals surface area contributed by atoms with Gasteiger partial charge >= 0.3 is 0 Å². The fourth-order valence-corrected chi connectivity index (χ4v) is 11.4. The van der Waals surface area contributed by atoms with Crippen LogP contribution in [0.5, 0.6) is 5.75 Å². The lowest BCUT2D eigenvalue weighted by atomic mass is 9.62. The van der Waals surface area contributed by atoms with Crippen molar-refractivity contribution in [3.63, 3.8) is 0 Å². The maximum absolute atomic E-state index is 14.4. The molecule has 17 heteroatoms. The molecule has 54 heavy (non-hydrogen) atoms. The van der Waals surface area contributed by atoms with Gasteiger partial charge in [-0.2, -0.15) is 8.61 Å². The highest BCUT2D eigenvalue weighted by Gasteiger charge is 2.49. The average molecular weight is 822 g/mol. The van der Waals surface area contributed by atoms with Crippen LogP contribution >= 0.6 is 23.2 Å². The number of benzene rings is 2. The number of aromatic nitrogens is 2. The number of rotatable bonds is 15. The molecule has 13 nitrogen and oxygen atoms in total. The number of ketones is 2. The van der Waals surface area contributed by atoms with Crippen molar-refractivity contribution in [3.05, 3.63) is 89.2 Å². The monoisotopic (exact) mass is 820 g/mol. The van der Waals surface area contributed by atoms with E-state index < -0.39 is 31.4 Å². The van der Waals surface area contributed by atoms with Crippen molar-refractivity contribution in [2.75, 3.05) is 33.3 Å². The normalized spacial score (nSPS) is 18.6. The number of piperidine rings is 2. The number of carbonyl (C=O) groups excluding carboxylic acids is 2. The van der Waals surface area contributed by atoms with Crippen molar-refractivity contribution in [1.82, 2.24) is 18.6 Å². The summed E-state index contributed by atoms with van der Waals surface area (Å²) < 4.78 is 73.2. The fourth-order valence-electron chi connectivity index (χ4n) is 8.03. The van der Waals surface area contributed by atoms with Gasteiger partial charge in [0.15, 0.2) is 0 Å². The van der Waals surface area contributed by atoms with Crippen molar-refractivity contribution >= 4 is 54.8 Å². The van der Waals surface area contributed by atoms with Crippen LogP contribution in [0.2, 0.25) is 10.0 Å². The number of sulfonamides is 2. The van der Waals surface area contributed by atoms with E-state index in [-0.39, 0.29) is 94.0 Å². The van der Waals surface area contributed by atoms with E-state index in [1.54, 1.807) is 12.1 Å². The molecule has 0 N–H and O–H groups in total. The Balaban J connectivity index is 1.23. The standard InChI is InChI=1S/C37H42Cl2N4O9S2/c1-3-37(34(45)36-41-17-23-52-36,26-13-20-43(21-14-26)53(46,47)28-6-4-27(50-2)5-7-28)15-10-30(33(44)35-40-16-22-51-35)25-11-18-42(19-12-25)54(48,49)29-8-9-31(38)32(39)24-29/h4-9,16-17,22-26,30H,3,10-15,18-21H2,1-2H3. The van der Waals surface area contributed by atoms with Crippen molar-refractivity contribution < 1.29 is 40.0 Å². The first-order valence-corrected chi connectivity index (χ1v) is 21.4. The molecule has 0 spiro atoms. The van der Waals surface area contributed by atoms with Gasteiger partial charge in [0.05, 0.1) is 39.3 Å². The van der Waals surface area contributed by atoms with Gasteiger partial charge in [0.25, 0.3) is 11.8 Å². The molecule has 0 amide bonds. The third kappa shape index (κ3) is 8.03. The Hall–Kier alpha value is -3.60. The zero-order chi connectivity index (χ0) is 38.7. The van der Waals surface area contributed by atoms with Crippen LogP contribution in [0.4, 0.5) is 0 Å². The van der Waals surface area contributed by atoms with Gasteiger partial charge in [-0.3, -0.25) is 9.59 Å². The van der Waals surface area contributed by atoms with Gasteiger partial charge in [0, 0.05) is 37.5 Å². The minimum atomic E-state index is -3.88. The lowest BCUT2D eigenvalue weighted by Gasteiger charge is -2.43. The molecule has 2 fully saturated rings. The van der Waals surface area contributed by atoms with E-state index in [1.165, 1.54) is 71.0 Å². The lowest BCUT2D eigenvalue weighted by Crippen LogP contribution is -2.47. The van der Waals surface area contributed by atoms with E-state index in [1.807, 2.05) is 6.92 Å². The van der Waals surface area contributed by atoms with Gasteiger partial charge < -0.3 is 13.6 Å². The summed E-state index contributed by atoms with van der Waals surface area (Å²) >= 11 is 12.2. The number of ether oxygens (including phenoxy) is 1. The summed E-state index contributed by atoms with van der Waals surface area (Å²) in [4.78, 5) is 37.0. The molecule has 0 bridgehead atoms. The second-order valence-corrected chi connectivity index (χ2v) is 18.4. The third-order valence-corrected chi connectivity index (χ3v) is 15.7. The summed E-state index contributed by atoms with van der Waals surface area (Å²) in [5.74, 6) is -1.30. The van der Waals surface area contributed by atoms with E-state index >= 15 is 0 Å². The number of hydrogen-bond donors (Lipinski definition) is 0. The molecule has 0 aliphatic carbocycles. The molecule has 2 saturated heterocycles. The molecule has 2 atom stereocenters. The highest BCUT2D eigenvalue weighted by molar-refractivity contribution is 7.89. The van der Waals surface area contributed by atoms with Gasteiger partial charge in [-0.1, -0.05) is 30.1 Å². The summed E-state index contributed by atoms with van der Waals surface area (Å²) in [6.45, 7) is 2.64. The van der Waals surface area contributed by atoms with Crippen molar-refractivity contribution in [1.29, 1.82) is 0 Å². The Bertz CT molecular complexity index is 2130. The summed E-state index contributed by atoms with van der Waals surface area (Å²) in [6, 6.07) is 10.4. The van der Waals surface area contributed by atoms with Crippen LogP contribution in [0.25, 0.3) is 0 Å². The number of oxazole rings is 2. The smallest absolute Gasteiger partial charge is 0.263 e.